The molecule has 6 heteroatoms. The summed E-state index contributed by atoms with van der Waals surface area (Å²) in [5.74, 6) is 0.427. The molecule has 1 aliphatic carbocycles. The summed E-state index contributed by atoms with van der Waals surface area (Å²) >= 11 is 3.38. The lowest BCUT2D eigenvalue weighted by molar-refractivity contribution is 0.286. The molecule has 1 N–H and O–H groups in total. The minimum Gasteiger partial charge on any atom is -0.316 e. The van der Waals surface area contributed by atoms with E-state index in [1.165, 1.54) is 0 Å². The van der Waals surface area contributed by atoms with E-state index in [-0.39, 0.29) is 6.04 Å². The van der Waals surface area contributed by atoms with Crippen LogP contribution in [-0.2, 0) is 10.0 Å². The van der Waals surface area contributed by atoms with Crippen molar-refractivity contribution in [2.45, 2.75) is 36.6 Å². The second-order valence-electron chi connectivity index (χ2n) is 5.95. The van der Waals surface area contributed by atoms with Crippen molar-refractivity contribution >= 4 is 26.0 Å². The highest BCUT2D eigenvalue weighted by atomic mass is 79.9. The van der Waals surface area contributed by atoms with Gasteiger partial charge in [-0.1, -0.05) is 12.1 Å². The SMILES string of the molecule is O=S(=O)(c1ccccc1Br)N(CC1CCCNC1)C1CC1. The van der Waals surface area contributed by atoms with Crippen molar-refractivity contribution in [3.05, 3.63) is 28.7 Å². The molecule has 0 spiro atoms. The molecule has 1 aromatic carbocycles. The van der Waals surface area contributed by atoms with Crippen LogP contribution in [0.3, 0.4) is 0 Å². The number of nitrogens with one attached hydrogen (secondary N) is 1. The molecule has 0 radical (unpaired) electrons. The predicted octanol–water partition coefficient (Wildman–Crippen LogP) is 2.60. The van der Waals surface area contributed by atoms with Gasteiger partial charge in [-0.15, -0.1) is 0 Å². The Morgan fingerprint density at radius 2 is 2.00 bits per heavy atom. The first kappa shape index (κ1) is 15.5. The molecule has 1 saturated heterocycles. The average Bonchev–Trinajstić information content (AvgIpc) is 3.30. The molecule has 21 heavy (non-hydrogen) atoms. The molecular weight excluding hydrogens is 352 g/mol. The van der Waals surface area contributed by atoms with Crippen molar-refractivity contribution < 1.29 is 8.42 Å². The van der Waals surface area contributed by atoms with Crippen LogP contribution in [0.2, 0.25) is 0 Å². The van der Waals surface area contributed by atoms with E-state index in [1.807, 2.05) is 6.07 Å². The van der Waals surface area contributed by atoms with Crippen LogP contribution in [0, 0.1) is 5.92 Å². The molecule has 1 atom stereocenters. The Labute approximate surface area is 135 Å². The first-order valence-electron chi connectivity index (χ1n) is 7.56. The van der Waals surface area contributed by atoms with Crippen LogP contribution in [-0.4, -0.2) is 38.4 Å². The highest BCUT2D eigenvalue weighted by molar-refractivity contribution is 9.10. The molecule has 1 unspecified atom stereocenters. The van der Waals surface area contributed by atoms with E-state index in [4.69, 9.17) is 0 Å². The van der Waals surface area contributed by atoms with Crippen LogP contribution in [0.4, 0.5) is 0 Å². The van der Waals surface area contributed by atoms with Crippen molar-refractivity contribution in [3.8, 4) is 0 Å². The van der Waals surface area contributed by atoms with Gasteiger partial charge in [-0.2, -0.15) is 4.31 Å². The number of rotatable bonds is 5. The number of halogens is 1. The van der Waals surface area contributed by atoms with Crippen LogP contribution in [0.1, 0.15) is 25.7 Å². The van der Waals surface area contributed by atoms with Gasteiger partial charge in [-0.25, -0.2) is 8.42 Å². The van der Waals surface area contributed by atoms with Gasteiger partial charge < -0.3 is 5.32 Å². The third kappa shape index (κ3) is 3.50. The number of hydrogen-bond acceptors (Lipinski definition) is 3. The van der Waals surface area contributed by atoms with Crippen LogP contribution >= 0.6 is 15.9 Å². The summed E-state index contributed by atoms with van der Waals surface area (Å²) in [5.41, 5.74) is 0. The van der Waals surface area contributed by atoms with Crippen molar-refractivity contribution in [2.24, 2.45) is 5.92 Å². The fraction of sp³-hybridized carbons (Fsp3) is 0.600. The van der Waals surface area contributed by atoms with Crippen molar-refractivity contribution in [1.82, 2.24) is 9.62 Å². The number of piperidine rings is 1. The van der Waals surface area contributed by atoms with Gasteiger partial charge in [0.15, 0.2) is 0 Å². The Kier molecular flexibility index (Phi) is 4.69. The second kappa shape index (κ2) is 6.36. The van der Waals surface area contributed by atoms with E-state index >= 15 is 0 Å². The summed E-state index contributed by atoms with van der Waals surface area (Å²) in [6.45, 7) is 2.62. The summed E-state index contributed by atoms with van der Waals surface area (Å²) < 4.78 is 28.4. The third-order valence-electron chi connectivity index (χ3n) is 4.21. The maximum absolute atomic E-state index is 13.0. The van der Waals surface area contributed by atoms with E-state index in [2.05, 4.69) is 21.2 Å². The van der Waals surface area contributed by atoms with Crippen LogP contribution in [0.25, 0.3) is 0 Å². The Hall–Kier alpha value is -0.430. The molecule has 1 heterocycles. The minimum absolute atomic E-state index is 0.198. The fourth-order valence-corrected chi connectivity index (χ4v) is 5.65. The van der Waals surface area contributed by atoms with Crippen LogP contribution in [0.5, 0.6) is 0 Å². The lowest BCUT2D eigenvalue weighted by Crippen LogP contribution is -2.42. The number of nitrogens with zero attached hydrogens (tertiary/aromatic N) is 1. The molecule has 2 aliphatic rings. The Balaban J connectivity index is 1.84. The third-order valence-corrected chi connectivity index (χ3v) is 7.14. The smallest absolute Gasteiger partial charge is 0.244 e. The highest BCUT2D eigenvalue weighted by Crippen LogP contribution is 2.35. The molecule has 116 valence electrons. The first-order valence-corrected chi connectivity index (χ1v) is 9.79. The first-order chi connectivity index (χ1) is 10.1. The average molecular weight is 373 g/mol. The van der Waals surface area contributed by atoms with Gasteiger partial charge in [0.1, 0.15) is 0 Å². The van der Waals surface area contributed by atoms with Crippen molar-refractivity contribution in [3.63, 3.8) is 0 Å². The van der Waals surface area contributed by atoms with E-state index < -0.39 is 10.0 Å². The topological polar surface area (TPSA) is 49.4 Å². The molecule has 1 aliphatic heterocycles. The van der Waals surface area contributed by atoms with E-state index in [1.54, 1.807) is 22.5 Å². The molecule has 1 saturated carbocycles. The van der Waals surface area contributed by atoms with Gasteiger partial charge in [0.05, 0.1) is 4.90 Å². The van der Waals surface area contributed by atoms with E-state index in [0.29, 0.717) is 21.8 Å². The normalized spacial score (nSPS) is 23.4. The predicted molar refractivity (Wildman–Crippen MR) is 86.6 cm³/mol. The van der Waals surface area contributed by atoms with Gasteiger partial charge in [0.25, 0.3) is 0 Å². The molecule has 1 aromatic rings. The summed E-state index contributed by atoms with van der Waals surface area (Å²) in [6.07, 6.45) is 4.23. The summed E-state index contributed by atoms with van der Waals surface area (Å²) in [7, 11) is -3.41. The molecule has 4 nitrogen and oxygen atoms in total. The van der Waals surface area contributed by atoms with E-state index in [0.717, 1.165) is 38.8 Å². The number of hydrogen-bond donors (Lipinski definition) is 1. The van der Waals surface area contributed by atoms with E-state index in [9.17, 15) is 8.42 Å². The maximum Gasteiger partial charge on any atom is 0.244 e. The van der Waals surface area contributed by atoms with Gasteiger partial charge in [-0.05, 0) is 72.8 Å². The molecule has 3 rings (SSSR count). The van der Waals surface area contributed by atoms with Gasteiger partial charge in [-0.3, -0.25) is 0 Å². The molecule has 0 amide bonds. The number of sulfonamides is 1. The molecule has 0 aromatic heterocycles. The Bertz CT molecular complexity index is 595. The largest absolute Gasteiger partial charge is 0.316 e. The highest BCUT2D eigenvalue weighted by Gasteiger charge is 2.39. The zero-order valence-electron chi connectivity index (χ0n) is 12.0. The summed E-state index contributed by atoms with van der Waals surface area (Å²) in [4.78, 5) is 0.390. The molecule has 2 fully saturated rings. The fourth-order valence-electron chi connectivity index (χ4n) is 2.92. The maximum atomic E-state index is 13.0. The Morgan fingerprint density at radius 1 is 1.24 bits per heavy atom. The quantitative estimate of drug-likeness (QED) is 0.863. The second-order valence-corrected chi connectivity index (χ2v) is 8.66. The number of benzene rings is 1. The van der Waals surface area contributed by atoms with Crippen LogP contribution < -0.4 is 5.32 Å². The van der Waals surface area contributed by atoms with Gasteiger partial charge >= 0.3 is 0 Å². The lowest BCUT2D eigenvalue weighted by Gasteiger charge is -2.30. The molecule has 0 bridgehead atoms. The van der Waals surface area contributed by atoms with Gasteiger partial charge in [0, 0.05) is 17.1 Å². The molecular formula is C15H21BrN2O2S. The van der Waals surface area contributed by atoms with Crippen molar-refractivity contribution in [1.29, 1.82) is 0 Å². The zero-order valence-corrected chi connectivity index (χ0v) is 14.4. The Morgan fingerprint density at radius 3 is 2.62 bits per heavy atom. The summed E-state index contributed by atoms with van der Waals surface area (Å²) in [5, 5.41) is 3.37. The zero-order chi connectivity index (χ0) is 14.9. The van der Waals surface area contributed by atoms with Gasteiger partial charge in [0.2, 0.25) is 10.0 Å². The lowest BCUT2D eigenvalue weighted by atomic mass is 10.00. The minimum atomic E-state index is -3.41. The standard InChI is InChI=1S/C15H21BrN2O2S/c16-14-5-1-2-6-15(14)21(19,20)18(13-7-8-13)11-12-4-3-9-17-10-12/h1-2,5-6,12-13,17H,3-4,7-11H2. The van der Waals surface area contributed by atoms with Crippen molar-refractivity contribution in [2.75, 3.05) is 19.6 Å². The van der Waals surface area contributed by atoms with Crippen LogP contribution in [0.15, 0.2) is 33.6 Å². The monoisotopic (exact) mass is 372 g/mol. The summed E-state index contributed by atoms with van der Waals surface area (Å²) in [6, 6.07) is 7.30.